The van der Waals surface area contributed by atoms with Gasteiger partial charge in [0.15, 0.2) is 0 Å². The van der Waals surface area contributed by atoms with Gasteiger partial charge in [-0.15, -0.1) is 0 Å². The average molecular weight is 178 g/mol. The topological polar surface area (TPSA) is 82.5 Å². The van der Waals surface area contributed by atoms with Gasteiger partial charge in [0.05, 0.1) is 26.4 Å². The molecule has 0 aromatic carbocycles. The highest BCUT2D eigenvalue weighted by Crippen LogP contribution is 2.08. The first-order valence-corrected chi connectivity index (χ1v) is 3.90. The Morgan fingerprint density at radius 1 is 1.42 bits per heavy atom. The molecular weight excluding hydrogens is 164 g/mol. The summed E-state index contributed by atoms with van der Waals surface area (Å²) in [6, 6.07) is 0. The lowest BCUT2D eigenvalue weighted by Crippen LogP contribution is -2.33. The van der Waals surface area contributed by atoms with Crippen LogP contribution in [0.2, 0.25) is 0 Å². The van der Waals surface area contributed by atoms with Crippen LogP contribution in [0, 0.1) is 0 Å². The highest BCUT2D eigenvalue weighted by Gasteiger charge is 2.23. The van der Waals surface area contributed by atoms with Crippen molar-refractivity contribution in [2.75, 3.05) is 26.4 Å². The molecule has 72 valence electrons. The molecule has 1 unspecified atom stereocenters. The standard InChI is InChI=1S/C7H14O5/c8-1-6(9)7(10)4-11-2-5-3-12-5/h5-10H,1-4H2/t5?,6-,7+/m1/s1. The highest BCUT2D eigenvalue weighted by atomic mass is 16.6. The minimum atomic E-state index is -1.12. The van der Waals surface area contributed by atoms with Gasteiger partial charge in [-0.3, -0.25) is 0 Å². The lowest BCUT2D eigenvalue weighted by molar-refractivity contribution is -0.0583. The van der Waals surface area contributed by atoms with E-state index in [1.165, 1.54) is 0 Å². The summed E-state index contributed by atoms with van der Waals surface area (Å²) < 4.78 is 9.85. The van der Waals surface area contributed by atoms with Crippen LogP contribution >= 0.6 is 0 Å². The van der Waals surface area contributed by atoms with Gasteiger partial charge in [-0.05, 0) is 0 Å². The molecule has 1 fully saturated rings. The van der Waals surface area contributed by atoms with Gasteiger partial charge in [-0.1, -0.05) is 0 Å². The minimum absolute atomic E-state index is 0.0294. The lowest BCUT2D eigenvalue weighted by Gasteiger charge is -2.14. The van der Waals surface area contributed by atoms with Gasteiger partial charge in [-0.25, -0.2) is 0 Å². The third kappa shape index (κ3) is 3.46. The van der Waals surface area contributed by atoms with Crippen LogP contribution in [0.25, 0.3) is 0 Å². The van der Waals surface area contributed by atoms with Crippen molar-refractivity contribution in [3.8, 4) is 0 Å². The van der Waals surface area contributed by atoms with Crippen LogP contribution in [-0.2, 0) is 9.47 Å². The predicted molar refractivity (Wildman–Crippen MR) is 39.7 cm³/mol. The number of aliphatic hydroxyl groups is 3. The molecule has 0 saturated carbocycles. The summed E-state index contributed by atoms with van der Waals surface area (Å²) in [5, 5.41) is 26.4. The molecule has 1 aliphatic rings. The zero-order valence-electron chi connectivity index (χ0n) is 6.72. The zero-order chi connectivity index (χ0) is 8.97. The number of hydrogen-bond acceptors (Lipinski definition) is 5. The Bertz CT molecular complexity index is 125. The Balaban J connectivity index is 1.96. The van der Waals surface area contributed by atoms with Crippen molar-refractivity contribution in [3.63, 3.8) is 0 Å². The van der Waals surface area contributed by atoms with Gasteiger partial charge in [-0.2, -0.15) is 0 Å². The van der Waals surface area contributed by atoms with Crippen LogP contribution in [0.5, 0.6) is 0 Å². The Hall–Kier alpha value is -0.200. The molecule has 12 heavy (non-hydrogen) atoms. The van der Waals surface area contributed by atoms with Crippen molar-refractivity contribution in [1.82, 2.24) is 0 Å². The Labute approximate surface area is 70.5 Å². The molecule has 0 aliphatic carbocycles. The van der Waals surface area contributed by atoms with Gasteiger partial charge in [0.25, 0.3) is 0 Å². The number of aliphatic hydroxyl groups excluding tert-OH is 3. The van der Waals surface area contributed by atoms with Crippen LogP contribution in [0.3, 0.4) is 0 Å². The third-order valence-electron chi connectivity index (χ3n) is 1.63. The van der Waals surface area contributed by atoms with Crippen molar-refractivity contribution in [1.29, 1.82) is 0 Å². The maximum Gasteiger partial charge on any atom is 0.105 e. The third-order valence-corrected chi connectivity index (χ3v) is 1.63. The first kappa shape index (κ1) is 9.88. The highest BCUT2D eigenvalue weighted by molar-refractivity contribution is 4.69. The lowest BCUT2D eigenvalue weighted by atomic mass is 10.2. The molecule has 0 spiro atoms. The number of ether oxygens (including phenoxy) is 2. The van der Waals surface area contributed by atoms with E-state index in [9.17, 15) is 0 Å². The second-order valence-electron chi connectivity index (χ2n) is 2.81. The van der Waals surface area contributed by atoms with E-state index < -0.39 is 18.8 Å². The van der Waals surface area contributed by atoms with Crippen LogP contribution < -0.4 is 0 Å². The van der Waals surface area contributed by atoms with E-state index in [4.69, 9.17) is 24.8 Å². The molecule has 0 aromatic heterocycles. The smallest absolute Gasteiger partial charge is 0.105 e. The van der Waals surface area contributed by atoms with Gasteiger partial charge in [0.1, 0.15) is 18.3 Å². The summed E-state index contributed by atoms with van der Waals surface area (Å²) in [6.07, 6.45) is -1.98. The number of rotatable bonds is 6. The summed E-state index contributed by atoms with van der Waals surface area (Å²) in [5.41, 5.74) is 0. The van der Waals surface area contributed by atoms with E-state index in [-0.39, 0.29) is 12.7 Å². The van der Waals surface area contributed by atoms with Crippen molar-refractivity contribution in [3.05, 3.63) is 0 Å². The summed E-state index contributed by atoms with van der Waals surface area (Å²) in [4.78, 5) is 0. The monoisotopic (exact) mass is 178 g/mol. The summed E-state index contributed by atoms with van der Waals surface area (Å²) in [6.45, 7) is 0.722. The van der Waals surface area contributed by atoms with E-state index in [0.29, 0.717) is 13.2 Å². The average Bonchev–Trinajstić information content (AvgIpc) is 2.86. The summed E-state index contributed by atoms with van der Waals surface area (Å²) in [7, 11) is 0. The van der Waals surface area contributed by atoms with E-state index in [1.807, 2.05) is 0 Å². The second kappa shape index (κ2) is 4.74. The Morgan fingerprint density at radius 3 is 2.58 bits per heavy atom. The SMILES string of the molecule is OC[C@@H](O)[C@@H](O)COCC1CO1. The first-order chi connectivity index (χ1) is 5.74. The van der Waals surface area contributed by atoms with Crippen LogP contribution in [-0.4, -0.2) is 60.1 Å². The first-order valence-electron chi connectivity index (χ1n) is 3.90. The van der Waals surface area contributed by atoms with E-state index in [0.717, 1.165) is 0 Å². The fraction of sp³-hybridized carbons (Fsp3) is 1.00. The van der Waals surface area contributed by atoms with Crippen molar-refractivity contribution in [2.24, 2.45) is 0 Å². The Kier molecular flexibility index (Phi) is 3.90. The summed E-state index contributed by atoms with van der Waals surface area (Å²) in [5.74, 6) is 0. The van der Waals surface area contributed by atoms with Gasteiger partial charge < -0.3 is 24.8 Å². The van der Waals surface area contributed by atoms with E-state index >= 15 is 0 Å². The van der Waals surface area contributed by atoms with Crippen LogP contribution in [0.15, 0.2) is 0 Å². The minimum Gasteiger partial charge on any atom is -0.394 e. The fourth-order valence-corrected chi connectivity index (χ4v) is 0.717. The molecule has 1 rings (SSSR count). The molecule has 0 bridgehead atoms. The molecule has 5 heteroatoms. The summed E-state index contributed by atoms with van der Waals surface area (Å²) >= 11 is 0. The number of epoxide rings is 1. The second-order valence-corrected chi connectivity index (χ2v) is 2.81. The normalized spacial score (nSPS) is 26.8. The molecule has 1 heterocycles. The molecule has 1 saturated heterocycles. The molecule has 3 atom stereocenters. The maximum atomic E-state index is 9.08. The molecule has 3 N–H and O–H groups in total. The van der Waals surface area contributed by atoms with Crippen molar-refractivity contribution >= 4 is 0 Å². The molecule has 1 aliphatic heterocycles. The molecule has 5 nitrogen and oxygen atoms in total. The predicted octanol–water partition coefficient (Wildman–Crippen LogP) is -1.88. The van der Waals surface area contributed by atoms with Crippen molar-refractivity contribution < 1.29 is 24.8 Å². The largest absolute Gasteiger partial charge is 0.394 e. The molecular formula is C7H14O5. The van der Waals surface area contributed by atoms with Gasteiger partial charge in [0, 0.05) is 0 Å². The molecule has 0 radical (unpaired) electrons. The zero-order valence-corrected chi connectivity index (χ0v) is 6.72. The molecule has 0 aromatic rings. The van der Waals surface area contributed by atoms with Crippen LogP contribution in [0.1, 0.15) is 0 Å². The van der Waals surface area contributed by atoms with Crippen molar-refractivity contribution in [2.45, 2.75) is 18.3 Å². The molecule has 0 amide bonds. The number of hydrogen-bond donors (Lipinski definition) is 3. The quantitative estimate of drug-likeness (QED) is 0.414. The fourth-order valence-electron chi connectivity index (χ4n) is 0.717. The van der Waals surface area contributed by atoms with Gasteiger partial charge >= 0.3 is 0 Å². The Morgan fingerprint density at radius 2 is 2.08 bits per heavy atom. The van der Waals surface area contributed by atoms with Gasteiger partial charge in [0.2, 0.25) is 0 Å². The van der Waals surface area contributed by atoms with E-state index in [1.54, 1.807) is 0 Å². The van der Waals surface area contributed by atoms with Crippen LogP contribution in [0.4, 0.5) is 0 Å². The van der Waals surface area contributed by atoms with E-state index in [2.05, 4.69) is 0 Å². The maximum absolute atomic E-state index is 9.08.